The van der Waals surface area contributed by atoms with E-state index in [1.165, 1.54) is 18.4 Å². The molecule has 0 saturated carbocycles. The summed E-state index contributed by atoms with van der Waals surface area (Å²) in [6, 6.07) is 8.49. The van der Waals surface area contributed by atoms with Gasteiger partial charge in [-0.2, -0.15) is 10.1 Å². The van der Waals surface area contributed by atoms with Crippen LogP contribution in [0.15, 0.2) is 30.5 Å². The summed E-state index contributed by atoms with van der Waals surface area (Å²) in [6.45, 7) is 10.9. The predicted octanol–water partition coefficient (Wildman–Crippen LogP) is 4.15. The molecule has 1 aromatic heterocycles. The summed E-state index contributed by atoms with van der Waals surface area (Å²) >= 11 is 0. The molecule has 1 fully saturated rings. The molecule has 2 aromatic rings. The molecular weight excluding hydrogens is 298 g/mol. The topological polar surface area (TPSA) is 53.9 Å². The van der Waals surface area contributed by atoms with Gasteiger partial charge >= 0.3 is 0 Å². The number of aromatic nitrogens is 3. The second kappa shape index (κ2) is 6.75. The third-order valence-electron chi connectivity index (χ3n) is 4.51. The first-order chi connectivity index (χ1) is 11.4. The van der Waals surface area contributed by atoms with Crippen LogP contribution in [0.5, 0.6) is 0 Å². The van der Waals surface area contributed by atoms with E-state index in [1.807, 2.05) is 0 Å². The van der Waals surface area contributed by atoms with Gasteiger partial charge in [0.05, 0.1) is 6.20 Å². The van der Waals surface area contributed by atoms with E-state index >= 15 is 0 Å². The Bertz CT molecular complexity index is 675. The van der Waals surface area contributed by atoms with E-state index in [1.54, 1.807) is 6.20 Å². The maximum Gasteiger partial charge on any atom is 0.247 e. The van der Waals surface area contributed by atoms with Crippen LogP contribution in [0.2, 0.25) is 0 Å². The van der Waals surface area contributed by atoms with Crippen LogP contribution < -0.4 is 10.2 Å². The zero-order valence-electron chi connectivity index (χ0n) is 15.1. The first kappa shape index (κ1) is 16.7. The molecule has 0 aliphatic carbocycles. The molecule has 5 nitrogen and oxygen atoms in total. The Balaban J connectivity index is 1.72. The van der Waals surface area contributed by atoms with Crippen LogP contribution in [0.1, 0.15) is 46.1 Å². The fraction of sp³-hybridized carbons (Fsp3) is 0.526. The first-order valence-corrected chi connectivity index (χ1v) is 8.74. The van der Waals surface area contributed by atoms with E-state index in [2.05, 4.69) is 77.4 Å². The number of hydrogen-bond acceptors (Lipinski definition) is 5. The van der Waals surface area contributed by atoms with Gasteiger partial charge < -0.3 is 10.2 Å². The molecule has 1 N–H and O–H groups in total. The Morgan fingerprint density at radius 2 is 1.92 bits per heavy atom. The van der Waals surface area contributed by atoms with Crippen molar-refractivity contribution in [3.8, 4) is 0 Å². The SMILES string of the molecule is CC1CCCN(c2nncc(Nc3ccc(C(C)(C)C)cc3)n2)C1. The summed E-state index contributed by atoms with van der Waals surface area (Å²) in [4.78, 5) is 6.87. The van der Waals surface area contributed by atoms with Gasteiger partial charge in [-0.05, 0) is 41.9 Å². The Morgan fingerprint density at radius 1 is 1.17 bits per heavy atom. The second-order valence-corrected chi connectivity index (χ2v) is 7.79. The van der Waals surface area contributed by atoms with E-state index in [-0.39, 0.29) is 5.41 Å². The number of hydrogen-bond donors (Lipinski definition) is 1. The Hall–Kier alpha value is -2.17. The molecule has 1 unspecified atom stereocenters. The minimum atomic E-state index is 0.160. The van der Waals surface area contributed by atoms with Crippen LogP contribution in [0.3, 0.4) is 0 Å². The van der Waals surface area contributed by atoms with Gasteiger partial charge in [-0.3, -0.25) is 0 Å². The minimum absolute atomic E-state index is 0.160. The lowest BCUT2D eigenvalue weighted by atomic mass is 9.87. The zero-order chi connectivity index (χ0) is 17.2. The minimum Gasteiger partial charge on any atom is -0.339 e. The van der Waals surface area contributed by atoms with Gasteiger partial charge in [0.25, 0.3) is 0 Å². The monoisotopic (exact) mass is 325 g/mol. The highest BCUT2D eigenvalue weighted by Gasteiger charge is 2.19. The van der Waals surface area contributed by atoms with Gasteiger partial charge in [0.1, 0.15) is 0 Å². The Morgan fingerprint density at radius 3 is 2.58 bits per heavy atom. The largest absolute Gasteiger partial charge is 0.339 e. The normalized spacial score (nSPS) is 18.5. The van der Waals surface area contributed by atoms with Gasteiger partial charge in [0, 0.05) is 18.8 Å². The van der Waals surface area contributed by atoms with E-state index in [0.29, 0.717) is 5.92 Å². The molecule has 2 heterocycles. The summed E-state index contributed by atoms with van der Waals surface area (Å²) in [5, 5.41) is 11.7. The number of nitrogens with zero attached hydrogens (tertiary/aromatic N) is 4. The third-order valence-corrected chi connectivity index (χ3v) is 4.51. The highest BCUT2D eigenvalue weighted by atomic mass is 15.3. The van der Waals surface area contributed by atoms with Gasteiger partial charge in [-0.15, -0.1) is 5.10 Å². The summed E-state index contributed by atoms with van der Waals surface area (Å²) < 4.78 is 0. The number of nitrogens with one attached hydrogen (secondary N) is 1. The molecule has 1 saturated heterocycles. The second-order valence-electron chi connectivity index (χ2n) is 7.79. The number of rotatable bonds is 3. The maximum absolute atomic E-state index is 4.64. The van der Waals surface area contributed by atoms with Crippen LogP contribution in [-0.2, 0) is 5.41 Å². The molecule has 3 rings (SSSR count). The lowest BCUT2D eigenvalue weighted by Gasteiger charge is -2.30. The van der Waals surface area contributed by atoms with Crippen molar-refractivity contribution in [1.82, 2.24) is 15.2 Å². The molecule has 1 aromatic carbocycles. The lowest BCUT2D eigenvalue weighted by molar-refractivity contribution is 0.441. The van der Waals surface area contributed by atoms with Crippen molar-refractivity contribution in [2.75, 3.05) is 23.3 Å². The van der Waals surface area contributed by atoms with Crippen molar-refractivity contribution in [1.29, 1.82) is 0 Å². The molecule has 0 radical (unpaired) electrons. The summed E-state index contributed by atoms with van der Waals surface area (Å²) in [5.41, 5.74) is 2.49. The highest BCUT2D eigenvalue weighted by molar-refractivity contribution is 5.57. The summed E-state index contributed by atoms with van der Waals surface area (Å²) in [6.07, 6.45) is 4.15. The van der Waals surface area contributed by atoms with Crippen molar-refractivity contribution >= 4 is 17.5 Å². The molecule has 1 atom stereocenters. The van der Waals surface area contributed by atoms with Crippen LogP contribution in [0.4, 0.5) is 17.5 Å². The first-order valence-electron chi connectivity index (χ1n) is 8.74. The standard InChI is InChI=1S/C19H27N5/c1-14-6-5-11-24(13-14)18-22-17(12-20-23-18)21-16-9-7-15(8-10-16)19(2,3)4/h7-10,12,14H,5-6,11,13H2,1-4H3,(H,21,22,23). The van der Waals surface area contributed by atoms with Crippen LogP contribution in [0.25, 0.3) is 0 Å². The van der Waals surface area contributed by atoms with Gasteiger partial charge in [-0.1, -0.05) is 39.8 Å². The van der Waals surface area contributed by atoms with E-state index in [0.717, 1.165) is 30.5 Å². The molecular formula is C19H27N5. The molecule has 1 aliphatic rings. The fourth-order valence-electron chi connectivity index (χ4n) is 3.06. The average molecular weight is 325 g/mol. The smallest absolute Gasteiger partial charge is 0.247 e. The van der Waals surface area contributed by atoms with Gasteiger partial charge in [-0.25, -0.2) is 0 Å². The summed E-state index contributed by atoms with van der Waals surface area (Å²) in [5.74, 6) is 2.14. The van der Waals surface area contributed by atoms with Crippen LogP contribution >= 0.6 is 0 Å². The van der Waals surface area contributed by atoms with E-state index < -0.39 is 0 Å². The van der Waals surface area contributed by atoms with Crippen molar-refractivity contribution < 1.29 is 0 Å². The predicted molar refractivity (Wildman–Crippen MR) is 98.9 cm³/mol. The molecule has 0 spiro atoms. The number of anilines is 3. The molecule has 128 valence electrons. The van der Waals surface area contributed by atoms with E-state index in [9.17, 15) is 0 Å². The van der Waals surface area contributed by atoms with Crippen LogP contribution in [-0.4, -0.2) is 28.3 Å². The van der Waals surface area contributed by atoms with Crippen molar-refractivity contribution in [2.24, 2.45) is 5.92 Å². The molecule has 1 aliphatic heterocycles. The van der Waals surface area contributed by atoms with Crippen LogP contribution in [0, 0.1) is 5.92 Å². The quantitative estimate of drug-likeness (QED) is 0.919. The molecule has 0 amide bonds. The maximum atomic E-state index is 4.64. The highest BCUT2D eigenvalue weighted by Crippen LogP contribution is 2.25. The Labute approximate surface area is 144 Å². The van der Waals surface area contributed by atoms with Gasteiger partial charge in [0.2, 0.25) is 5.95 Å². The number of benzene rings is 1. The molecule has 5 heteroatoms. The zero-order valence-corrected chi connectivity index (χ0v) is 15.1. The van der Waals surface area contributed by atoms with Gasteiger partial charge in [0.15, 0.2) is 5.82 Å². The number of piperidine rings is 1. The molecule has 0 bridgehead atoms. The molecule has 24 heavy (non-hydrogen) atoms. The third kappa shape index (κ3) is 4.02. The van der Waals surface area contributed by atoms with Crippen molar-refractivity contribution in [2.45, 2.75) is 46.0 Å². The van der Waals surface area contributed by atoms with Crippen molar-refractivity contribution in [3.63, 3.8) is 0 Å². The summed E-state index contributed by atoms with van der Waals surface area (Å²) in [7, 11) is 0. The lowest BCUT2D eigenvalue weighted by Crippen LogP contribution is -2.35. The van der Waals surface area contributed by atoms with Crippen molar-refractivity contribution in [3.05, 3.63) is 36.0 Å². The van der Waals surface area contributed by atoms with E-state index in [4.69, 9.17) is 0 Å². The fourth-order valence-corrected chi connectivity index (χ4v) is 3.06. The Kier molecular flexibility index (Phi) is 4.69. The average Bonchev–Trinajstić information content (AvgIpc) is 2.55.